The third-order valence-electron chi connectivity index (χ3n) is 4.35. The maximum atomic E-state index is 6.61. The van der Waals surface area contributed by atoms with Crippen LogP contribution in [0, 0.1) is 11.8 Å². The van der Waals surface area contributed by atoms with Gasteiger partial charge in [-0.2, -0.15) is 11.3 Å². The molecular formula is C15H25NS. The molecule has 96 valence electrons. The predicted octanol–water partition coefficient (Wildman–Crippen LogP) is 4.22. The first kappa shape index (κ1) is 13.1. The molecular weight excluding hydrogens is 226 g/mol. The van der Waals surface area contributed by atoms with Crippen molar-refractivity contribution in [2.75, 3.05) is 0 Å². The Bertz CT molecular complexity index is 331. The van der Waals surface area contributed by atoms with Crippen molar-refractivity contribution in [2.45, 2.75) is 57.9 Å². The van der Waals surface area contributed by atoms with Crippen molar-refractivity contribution in [3.05, 3.63) is 22.4 Å². The fourth-order valence-corrected chi connectivity index (χ4v) is 3.77. The van der Waals surface area contributed by atoms with Gasteiger partial charge in [-0.25, -0.2) is 0 Å². The van der Waals surface area contributed by atoms with Crippen molar-refractivity contribution in [3.8, 4) is 0 Å². The highest BCUT2D eigenvalue weighted by molar-refractivity contribution is 7.07. The second-order valence-electron chi connectivity index (χ2n) is 6.09. The second kappa shape index (κ2) is 5.53. The maximum absolute atomic E-state index is 6.61. The van der Waals surface area contributed by atoms with Crippen LogP contribution in [-0.4, -0.2) is 5.54 Å². The minimum Gasteiger partial charge on any atom is -0.325 e. The molecule has 2 atom stereocenters. The number of thiophene rings is 1. The molecule has 1 aliphatic rings. The highest BCUT2D eigenvalue weighted by atomic mass is 32.1. The van der Waals surface area contributed by atoms with Crippen molar-refractivity contribution < 1.29 is 0 Å². The molecule has 2 heteroatoms. The van der Waals surface area contributed by atoms with E-state index in [1.54, 1.807) is 11.3 Å². The van der Waals surface area contributed by atoms with Gasteiger partial charge in [0.1, 0.15) is 0 Å². The van der Waals surface area contributed by atoms with Crippen molar-refractivity contribution >= 4 is 11.3 Å². The summed E-state index contributed by atoms with van der Waals surface area (Å²) < 4.78 is 0. The molecule has 1 fully saturated rings. The molecule has 0 amide bonds. The lowest BCUT2D eigenvalue weighted by Crippen LogP contribution is -2.45. The number of hydrogen-bond donors (Lipinski definition) is 1. The van der Waals surface area contributed by atoms with Gasteiger partial charge in [0.15, 0.2) is 0 Å². The predicted molar refractivity (Wildman–Crippen MR) is 76.4 cm³/mol. The summed E-state index contributed by atoms with van der Waals surface area (Å²) in [7, 11) is 0. The molecule has 1 aromatic heterocycles. The van der Waals surface area contributed by atoms with Crippen LogP contribution in [0.4, 0.5) is 0 Å². The Kier molecular flexibility index (Phi) is 4.26. The number of nitrogens with two attached hydrogens (primary N) is 1. The largest absolute Gasteiger partial charge is 0.325 e. The standard InChI is InChI=1S/C15H25NS/c1-12(2)14-4-3-7-15(16,10-14)8-5-13-6-9-17-11-13/h6,9,11-12,14H,3-5,7-8,10,16H2,1-2H3. The topological polar surface area (TPSA) is 26.0 Å². The van der Waals surface area contributed by atoms with Crippen molar-refractivity contribution in [1.29, 1.82) is 0 Å². The molecule has 1 saturated carbocycles. The average molecular weight is 251 g/mol. The van der Waals surface area contributed by atoms with Crippen LogP contribution in [0.2, 0.25) is 0 Å². The molecule has 1 aliphatic carbocycles. The molecule has 2 N–H and O–H groups in total. The first-order chi connectivity index (χ1) is 8.09. The van der Waals surface area contributed by atoms with E-state index in [9.17, 15) is 0 Å². The SMILES string of the molecule is CC(C)C1CCCC(N)(CCc2ccsc2)C1. The molecule has 0 aromatic carbocycles. The molecule has 0 bridgehead atoms. The summed E-state index contributed by atoms with van der Waals surface area (Å²) in [6, 6.07) is 2.23. The molecule has 2 unspecified atom stereocenters. The lowest BCUT2D eigenvalue weighted by Gasteiger charge is -2.40. The fraction of sp³-hybridized carbons (Fsp3) is 0.733. The average Bonchev–Trinajstić information content (AvgIpc) is 2.79. The van der Waals surface area contributed by atoms with E-state index in [1.165, 1.54) is 31.2 Å². The Morgan fingerprint density at radius 3 is 3.00 bits per heavy atom. The molecule has 0 spiro atoms. The Morgan fingerprint density at radius 1 is 1.53 bits per heavy atom. The fourth-order valence-electron chi connectivity index (χ4n) is 3.07. The van der Waals surface area contributed by atoms with E-state index in [4.69, 9.17) is 5.73 Å². The maximum Gasteiger partial charge on any atom is 0.0160 e. The third kappa shape index (κ3) is 3.56. The molecule has 2 rings (SSSR count). The lowest BCUT2D eigenvalue weighted by molar-refractivity contribution is 0.175. The zero-order valence-corrected chi connectivity index (χ0v) is 11.9. The molecule has 0 radical (unpaired) electrons. The second-order valence-corrected chi connectivity index (χ2v) is 6.87. The summed E-state index contributed by atoms with van der Waals surface area (Å²) in [5.41, 5.74) is 8.18. The van der Waals surface area contributed by atoms with Crippen molar-refractivity contribution in [1.82, 2.24) is 0 Å². The van der Waals surface area contributed by atoms with Crippen LogP contribution in [0.1, 0.15) is 51.5 Å². The Labute approximate surface area is 109 Å². The number of aryl methyl sites for hydroxylation is 1. The first-order valence-corrected chi connectivity index (χ1v) is 7.83. The first-order valence-electron chi connectivity index (χ1n) is 6.89. The molecule has 1 heterocycles. The molecule has 0 saturated heterocycles. The molecule has 1 nitrogen and oxygen atoms in total. The summed E-state index contributed by atoms with van der Waals surface area (Å²) in [5, 5.41) is 4.42. The van der Waals surface area contributed by atoms with E-state index < -0.39 is 0 Å². The molecule has 1 aromatic rings. The molecule has 17 heavy (non-hydrogen) atoms. The van der Waals surface area contributed by atoms with Crippen LogP contribution >= 0.6 is 11.3 Å². The van der Waals surface area contributed by atoms with Gasteiger partial charge in [0.05, 0.1) is 0 Å². The normalized spacial score (nSPS) is 29.8. The monoisotopic (exact) mass is 251 g/mol. The van der Waals surface area contributed by atoms with Gasteiger partial charge in [-0.05, 0) is 59.9 Å². The molecule has 0 aliphatic heterocycles. The summed E-state index contributed by atoms with van der Waals surface area (Å²) >= 11 is 1.79. The van der Waals surface area contributed by atoms with Crippen LogP contribution in [0.5, 0.6) is 0 Å². The zero-order chi connectivity index (χ0) is 12.3. The Hall–Kier alpha value is -0.340. The number of hydrogen-bond acceptors (Lipinski definition) is 2. The lowest BCUT2D eigenvalue weighted by atomic mass is 9.70. The summed E-state index contributed by atoms with van der Waals surface area (Å²) in [6.07, 6.45) is 7.48. The minimum absolute atomic E-state index is 0.106. The van der Waals surface area contributed by atoms with Gasteiger partial charge in [0.2, 0.25) is 0 Å². The number of rotatable bonds is 4. The Balaban J connectivity index is 1.89. The van der Waals surface area contributed by atoms with E-state index in [2.05, 4.69) is 30.7 Å². The van der Waals surface area contributed by atoms with Crippen LogP contribution in [0.25, 0.3) is 0 Å². The summed E-state index contributed by atoms with van der Waals surface area (Å²) in [5.74, 6) is 1.63. The smallest absolute Gasteiger partial charge is 0.0160 e. The van der Waals surface area contributed by atoms with Crippen molar-refractivity contribution in [3.63, 3.8) is 0 Å². The van der Waals surface area contributed by atoms with E-state index in [-0.39, 0.29) is 5.54 Å². The van der Waals surface area contributed by atoms with Crippen LogP contribution in [0.15, 0.2) is 16.8 Å². The van der Waals surface area contributed by atoms with E-state index >= 15 is 0 Å². The van der Waals surface area contributed by atoms with Gasteiger partial charge in [-0.3, -0.25) is 0 Å². The van der Waals surface area contributed by atoms with Gasteiger partial charge in [-0.1, -0.05) is 26.7 Å². The summed E-state index contributed by atoms with van der Waals surface area (Å²) in [6.45, 7) is 4.69. The van der Waals surface area contributed by atoms with E-state index in [0.717, 1.165) is 24.7 Å². The van der Waals surface area contributed by atoms with E-state index in [1.807, 2.05) is 0 Å². The van der Waals surface area contributed by atoms with Crippen molar-refractivity contribution in [2.24, 2.45) is 17.6 Å². The van der Waals surface area contributed by atoms with Crippen LogP contribution in [-0.2, 0) is 6.42 Å². The Morgan fingerprint density at radius 2 is 2.35 bits per heavy atom. The van der Waals surface area contributed by atoms with Gasteiger partial charge in [0.25, 0.3) is 0 Å². The minimum atomic E-state index is 0.106. The van der Waals surface area contributed by atoms with Gasteiger partial charge < -0.3 is 5.73 Å². The van der Waals surface area contributed by atoms with Gasteiger partial charge in [-0.15, -0.1) is 0 Å². The third-order valence-corrected chi connectivity index (χ3v) is 5.08. The van der Waals surface area contributed by atoms with Gasteiger partial charge in [0, 0.05) is 5.54 Å². The summed E-state index contributed by atoms with van der Waals surface area (Å²) in [4.78, 5) is 0. The van der Waals surface area contributed by atoms with Crippen LogP contribution in [0.3, 0.4) is 0 Å². The highest BCUT2D eigenvalue weighted by Gasteiger charge is 2.33. The van der Waals surface area contributed by atoms with Crippen LogP contribution < -0.4 is 5.73 Å². The highest BCUT2D eigenvalue weighted by Crippen LogP contribution is 2.37. The quantitative estimate of drug-likeness (QED) is 0.851. The van der Waals surface area contributed by atoms with E-state index in [0.29, 0.717) is 0 Å². The van der Waals surface area contributed by atoms with Gasteiger partial charge >= 0.3 is 0 Å². The zero-order valence-electron chi connectivity index (χ0n) is 11.1.